The van der Waals surface area contributed by atoms with Gasteiger partial charge in [-0.05, 0) is 48.6 Å². The zero-order valence-electron chi connectivity index (χ0n) is 18.2. The molecule has 0 aromatic heterocycles. The first-order valence-electron chi connectivity index (χ1n) is 11.1. The highest BCUT2D eigenvalue weighted by molar-refractivity contribution is 6.30. The molecular weight excluding hydrogens is 410 g/mol. The number of carbonyl (C=O) groups excluding carboxylic acids is 2. The van der Waals surface area contributed by atoms with Crippen LogP contribution in [0.2, 0.25) is 5.02 Å². The molecule has 1 heterocycles. The highest BCUT2D eigenvalue weighted by Crippen LogP contribution is 2.25. The molecule has 3 rings (SSSR count). The van der Waals surface area contributed by atoms with Crippen molar-refractivity contribution in [1.82, 2.24) is 4.90 Å². The summed E-state index contributed by atoms with van der Waals surface area (Å²) in [7, 11) is 0. The molecule has 0 aliphatic carbocycles. The summed E-state index contributed by atoms with van der Waals surface area (Å²) in [5, 5.41) is 0.640. The zero-order chi connectivity index (χ0) is 22.2. The van der Waals surface area contributed by atoms with Crippen LogP contribution in [0.15, 0.2) is 48.5 Å². The van der Waals surface area contributed by atoms with Crippen LogP contribution in [0, 0.1) is 0 Å². The van der Waals surface area contributed by atoms with Crippen LogP contribution in [0.25, 0.3) is 0 Å². The van der Waals surface area contributed by atoms with Crippen molar-refractivity contribution in [2.75, 3.05) is 18.0 Å². The van der Waals surface area contributed by atoms with E-state index in [2.05, 4.69) is 0 Å². The van der Waals surface area contributed by atoms with Crippen molar-refractivity contribution in [3.8, 4) is 0 Å². The van der Waals surface area contributed by atoms with Gasteiger partial charge in [-0.1, -0.05) is 61.2 Å². The van der Waals surface area contributed by atoms with Gasteiger partial charge in [-0.25, -0.2) is 0 Å². The number of hydrogen-bond donors (Lipinski definition) is 1. The summed E-state index contributed by atoms with van der Waals surface area (Å²) in [4.78, 5) is 29.4. The van der Waals surface area contributed by atoms with E-state index in [0.717, 1.165) is 48.9 Å². The molecule has 5 nitrogen and oxygen atoms in total. The molecular formula is C25H32ClN3O2. The molecule has 31 heavy (non-hydrogen) atoms. The molecule has 0 bridgehead atoms. The van der Waals surface area contributed by atoms with Crippen LogP contribution in [-0.2, 0) is 22.6 Å². The lowest BCUT2D eigenvalue weighted by molar-refractivity contribution is -0.133. The minimum atomic E-state index is -0.637. The topological polar surface area (TPSA) is 66.6 Å². The fourth-order valence-electron chi connectivity index (χ4n) is 4.17. The SMILES string of the molecule is CC(=O)N1CCCCCCCN(C(=O)[C@@H](N)Cc2cccc(Cl)c2)Cc2ccccc21. The number of rotatable bonds is 3. The highest BCUT2D eigenvalue weighted by atomic mass is 35.5. The lowest BCUT2D eigenvalue weighted by Gasteiger charge is -2.30. The number of carbonyl (C=O) groups is 2. The van der Waals surface area contributed by atoms with Crippen LogP contribution < -0.4 is 10.6 Å². The summed E-state index contributed by atoms with van der Waals surface area (Å²) < 4.78 is 0. The highest BCUT2D eigenvalue weighted by Gasteiger charge is 2.24. The van der Waals surface area contributed by atoms with Crippen molar-refractivity contribution in [1.29, 1.82) is 0 Å². The molecule has 0 saturated heterocycles. The van der Waals surface area contributed by atoms with Crippen molar-refractivity contribution < 1.29 is 9.59 Å². The van der Waals surface area contributed by atoms with Crippen molar-refractivity contribution in [2.24, 2.45) is 5.73 Å². The molecule has 2 amide bonds. The number of para-hydroxylation sites is 1. The first-order valence-corrected chi connectivity index (χ1v) is 11.5. The Morgan fingerprint density at radius 3 is 2.45 bits per heavy atom. The molecule has 6 heteroatoms. The number of anilines is 1. The van der Waals surface area contributed by atoms with E-state index in [0.29, 0.717) is 31.1 Å². The summed E-state index contributed by atoms with van der Waals surface area (Å²) in [5.74, 6) is -0.0405. The number of benzene rings is 2. The van der Waals surface area contributed by atoms with Crippen LogP contribution in [0.3, 0.4) is 0 Å². The van der Waals surface area contributed by atoms with Gasteiger partial charge >= 0.3 is 0 Å². The smallest absolute Gasteiger partial charge is 0.240 e. The Kier molecular flexibility index (Phi) is 8.50. The summed E-state index contributed by atoms with van der Waals surface area (Å²) >= 11 is 6.09. The average Bonchev–Trinajstić information content (AvgIpc) is 2.73. The van der Waals surface area contributed by atoms with Crippen LogP contribution in [0.4, 0.5) is 5.69 Å². The third-order valence-electron chi connectivity index (χ3n) is 5.81. The second kappa shape index (κ2) is 11.3. The second-order valence-electron chi connectivity index (χ2n) is 8.27. The molecule has 166 valence electrons. The van der Waals surface area contributed by atoms with Crippen molar-refractivity contribution in [2.45, 2.75) is 58.0 Å². The molecule has 1 aliphatic rings. The van der Waals surface area contributed by atoms with Gasteiger partial charge in [0.1, 0.15) is 0 Å². The van der Waals surface area contributed by atoms with Crippen molar-refractivity contribution >= 4 is 29.1 Å². The minimum absolute atomic E-state index is 0.0278. The maximum Gasteiger partial charge on any atom is 0.240 e. The fourth-order valence-corrected chi connectivity index (χ4v) is 4.38. The largest absolute Gasteiger partial charge is 0.337 e. The van der Waals surface area contributed by atoms with Gasteiger partial charge in [0.2, 0.25) is 11.8 Å². The number of nitrogens with two attached hydrogens (primary N) is 1. The monoisotopic (exact) mass is 441 g/mol. The van der Waals surface area contributed by atoms with Crippen molar-refractivity contribution in [3.63, 3.8) is 0 Å². The van der Waals surface area contributed by atoms with Gasteiger partial charge in [0, 0.05) is 37.3 Å². The van der Waals surface area contributed by atoms with Gasteiger partial charge < -0.3 is 15.5 Å². The molecule has 0 fully saturated rings. The second-order valence-corrected chi connectivity index (χ2v) is 8.70. The molecule has 0 radical (unpaired) electrons. The maximum atomic E-state index is 13.3. The van der Waals surface area contributed by atoms with Crippen LogP contribution in [0.5, 0.6) is 0 Å². The van der Waals surface area contributed by atoms with E-state index < -0.39 is 6.04 Å². The van der Waals surface area contributed by atoms with Crippen molar-refractivity contribution in [3.05, 3.63) is 64.7 Å². The Morgan fingerprint density at radius 1 is 1.00 bits per heavy atom. The normalized spacial score (nSPS) is 16.6. The molecule has 2 N–H and O–H groups in total. The Bertz CT molecular complexity index is 902. The summed E-state index contributed by atoms with van der Waals surface area (Å²) in [6.45, 7) is 3.42. The van der Waals surface area contributed by atoms with E-state index in [1.165, 1.54) is 0 Å². The number of hydrogen-bond acceptors (Lipinski definition) is 3. The van der Waals surface area contributed by atoms with E-state index in [4.69, 9.17) is 17.3 Å². The van der Waals surface area contributed by atoms with Gasteiger partial charge in [-0.3, -0.25) is 9.59 Å². The van der Waals surface area contributed by atoms with Crippen LogP contribution in [0.1, 0.15) is 50.2 Å². The molecule has 1 atom stereocenters. The van der Waals surface area contributed by atoms with Gasteiger partial charge in [0.15, 0.2) is 0 Å². The van der Waals surface area contributed by atoms with Gasteiger partial charge in [-0.15, -0.1) is 0 Å². The lowest BCUT2D eigenvalue weighted by Crippen LogP contribution is -2.45. The van der Waals surface area contributed by atoms with E-state index in [1.54, 1.807) is 6.92 Å². The number of nitrogens with zero attached hydrogens (tertiary/aromatic N) is 2. The lowest BCUT2D eigenvalue weighted by atomic mass is 10.0. The minimum Gasteiger partial charge on any atom is -0.337 e. The maximum absolute atomic E-state index is 13.3. The van der Waals surface area contributed by atoms with E-state index in [-0.39, 0.29) is 11.8 Å². The van der Waals surface area contributed by atoms with Gasteiger partial charge in [0.25, 0.3) is 0 Å². The number of fused-ring (bicyclic) bond motifs is 1. The van der Waals surface area contributed by atoms with E-state index >= 15 is 0 Å². The predicted molar refractivity (Wildman–Crippen MR) is 126 cm³/mol. The summed E-state index contributed by atoms with van der Waals surface area (Å²) in [5.41, 5.74) is 9.15. The molecule has 2 aromatic carbocycles. The Balaban J connectivity index is 1.83. The zero-order valence-corrected chi connectivity index (χ0v) is 19.0. The number of halogens is 1. The summed E-state index contributed by atoms with van der Waals surface area (Å²) in [6.07, 6.45) is 5.62. The Labute approximate surface area is 190 Å². The van der Waals surface area contributed by atoms with Gasteiger partial charge in [0.05, 0.1) is 6.04 Å². The van der Waals surface area contributed by atoms with E-state index in [1.807, 2.05) is 58.3 Å². The molecule has 0 unspecified atom stereocenters. The summed E-state index contributed by atoms with van der Waals surface area (Å²) in [6, 6.07) is 14.7. The first kappa shape index (κ1) is 23.3. The van der Waals surface area contributed by atoms with Crippen LogP contribution >= 0.6 is 11.6 Å². The van der Waals surface area contributed by atoms with Crippen LogP contribution in [-0.4, -0.2) is 35.8 Å². The molecule has 1 aliphatic heterocycles. The molecule has 0 saturated carbocycles. The first-order chi connectivity index (χ1) is 15.0. The predicted octanol–water partition coefficient (Wildman–Crippen LogP) is 4.56. The average molecular weight is 442 g/mol. The third kappa shape index (κ3) is 6.55. The molecule has 0 spiro atoms. The Hall–Kier alpha value is -2.37. The Morgan fingerprint density at radius 2 is 1.71 bits per heavy atom. The number of amides is 2. The standard InChI is InChI=1S/C25H32ClN3O2/c1-19(30)29-15-8-4-2-3-7-14-28(18-21-11-5-6-13-24(21)29)25(31)23(27)17-20-10-9-12-22(26)16-20/h5-6,9-13,16,23H,2-4,7-8,14-15,17-18,27H2,1H3/t23-/m0/s1. The fraction of sp³-hybridized carbons (Fsp3) is 0.440. The van der Waals surface area contributed by atoms with E-state index in [9.17, 15) is 9.59 Å². The quantitative estimate of drug-likeness (QED) is 0.759. The third-order valence-corrected chi connectivity index (χ3v) is 6.04. The van der Waals surface area contributed by atoms with Gasteiger partial charge in [-0.2, -0.15) is 0 Å². The molecule has 2 aromatic rings.